The third-order valence-electron chi connectivity index (χ3n) is 4.11. The Morgan fingerprint density at radius 1 is 1.11 bits per heavy atom. The smallest absolute Gasteiger partial charge is 0.236 e. The van der Waals surface area contributed by atoms with Crippen LogP contribution in [0.3, 0.4) is 0 Å². The Kier molecular flexibility index (Phi) is 4.13. The third kappa shape index (κ3) is 3.04. The molecule has 0 radical (unpaired) electrons. The number of fused-ring (bicyclic) bond motifs is 1. The number of nitrogens with zero attached hydrogens (tertiary/aromatic N) is 4. The Hall–Kier alpha value is -3.94. The van der Waals surface area contributed by atoms with Gasteiger partial charge in [0.2, 0.25) is 5.95 Å². The van der Waals surface area contributed by atoms with Gasteiger partial charge in [0.1, 0.15) is 11.5 Å². The van der Waals surface area contributed by atoms with Gasteiger partial charge in [0.15, 0.2) is 11.9 Å². The molecule has 2 aromatic heterocycles. The molecule has 2 heterocycles. The Balaban J connectivity index is 1.89. The summed E-state index contributed by atoms with van der Waals surface area (Å²) in [5, 5.41) is 17.4. The second-order valence-corrected chi connectivity index (χ2v) is 5.74. The van der Waals surface area contributed by atoms with E-state index in [-0.39, 0.29) is 11.3 Å². The summed E-state index contributed by atoms with van der Waals surface area (Å²) in [5.41, 5.74) is 2.15. The summed E-state index contributed by atoms with van der Waals surface area (Å²) in [6.07, 6.45) is 3.91. The number of hydrogen-bond donors (Lipinski definition) is 2. The molecule has 8 nitrogen and oxygen atoms in total. The van der Waals surface area contributed by atoms with E-state index in [9.17, 15) is 9.90 Å². The Morgan fingerprint density at radius 3 is 2.63 bits per heavy atom. The summed E-state index contributed by atoms with van der Waals surface area (Å²) < 4.78 is 5.22. The van der Waals surface area contributed by atoms with Crippen LogP contribution in [0.2, 0.25) is 0 Å². The van der Waals surface area contributed by atoms with Crippen molar-refractivity contribution in [2.75, 3.05) is 12.0 Å². The summed E-state index contributed by atoms with van der Waals surface area (Å²) in [6, 6.07) is 12.1. The van der Waals surface area contributed by atoms with Crippen LogP contribution in [0.15, 0.2) is 54.9 Å². The number of rotatable bonds is 5. The van der Waals surface area contributed by atoms with E-state index in [0.29, 0.717) is 29.3 Å². The van der Waals surface area contributed by atoms with Crippen LogP contribution in [-0.4, -0.2) is 38.7 Å². The molecule has 2 N–H and O–H groups in total. The van der Waals surface area contributed by atoms with E-state index < -0.39 is 0 Å². The lowest BCUT2D eigenvalue weighted by Gasteiger charge is -2.23. The summed E-state index contributed by atoms with van der Waals surface area (Å²) in [7, 11) is 1.60. The highest BCUT2D eigenvalue weighted by Gasteiger charge is 2.17. The summed E-state index contributed by atoms with van der Waals surface area (Å²) in [6.45, 7) is 0. The number of aromatic hydroxyl groups is 1. The standard InChI is InChI=1S/C19H15N5O3/c1-27-16-5-2-14(3-6-16)24(15-4-7-17(26)12(8-15)11-25)19-20-9-13-10-21-23-18(13)22-19/h2-11,26H,1H3,(H,20,21,22,23). The molecule has 0 aliphatic heterocycles. The number of anilines is 3. The molecule has 0 aliphatic carbocycles. The van der Waals surface area contributed by atoms with Crippen LogP contribution in [0, 0.1) is 0 Å². The number of H-pyrrole nitrogens is 1. The summed E-state index contributed by atoms with van der Waals surface area (Å²) >= 11 is 0. The van der Waals surface area contributed by atoms with E-state index in [0.717, 1.165) is 11.1 Å². The quantitative estimate of drug-likeness (QED) is 0.525. The molecule has 2 aromatic carbocycles. The van der Waals surface area contributed by atoms with Crippen LogP contribution >= 0.6 is 0 Å². The first kappa shape index (κ1) is 16.5. The average Bonchev–Trinajstić information content (AvgIpc) is 3.18. The van der Waals surface area contributed by atoms with Crippen LogP contribution in [-0.2, 0) is 0 Å². The van der Waals surface area contributed by atoms with Gasteiger partial charge in [-0.05, 0) is 42.5 Å². The molecule has 0 amide bonds. The maximum Gasteiger partial charge on any atom is 0.236 e. The molecule has 4 rings (SSSR count). The zero-order valence-corrected chi connectivity index (χ0v) is 14.3. The molecule has 0 unspecified atom stereocenters. The first-order chi connectivity index (χ1) is 13.2. The van der Waals surface area contributed by atoms with Gasteiger partial charge in [-0.2, -0.15) is 10.1 Å². The van der Waals surface area contributed by atoms with Gasteiger partial charge < -0.3 is 9.84 Å². The van der Waals surface area contributed by atoms with Gasteiger partial charge >= 0.3 is 0 Å². The fraction of sp³-hybridized carbons (Fsp3) is 0.0526. The number of benzene rings is 2. The number of aldehydes is 1. The lowest BCUT2D eigenvalue weighted by atomic mass is 10.1. The van der Waals surface area contributed by atoms with E-state index in [4.69, 9.17) is 4.74 Å². The van der Waals surface area contributed by atoms with Crippen molar-refractivity contribution in [3.05, 3.63) is 60.4 Å². The van der Waals surface area contributed by atoms with Crippen LogP contribution in [0.5, 0.6) is 11.5 Å². The van der Waals surface area contributed by atoms with Crippen LogP contribution in [0.4, 0.5) is 17.3 Å². The van der Waals surface area contributed by atoms with Gasteiger partial charge in [0, 0.05) is 11.9 Å². The van der Waals surface area contributed by atoms with Crippen LogP contribution in [0.1, 0.15) is 10.4 Å². The number of phenols is 1. The van der Waals surface area contributed by atoms with Crippen molar-refractivity contribution < 1.29 is 14.6 Å². The average molecular weight is 361 g/mol. The third-order valence-corrected chi connectivity index (χ3v) is 4.11. The van der Waals surface area contributed by atoms with Crippen molar-refractivity contribution in [1.29, 1.82) is 0 Å². The van der Waals surface area contributed by atoms with Crippen molar-refractivity contribution in [3.8, 4) is 11.5 Å². The summed E-state index contributed by atoms with van der Waals surface area (Å²) in [4.78, 5) is 22.0. The van der Waals surface area contributed by atoms with Crippen molar-refractivity contribution in [2.24, 2.45) is 0 Å². The van der Waals surface area contributed by atoms with Crippen LogP contribution < -0.4 is 9.64 Å². The molecule has 0 fully saturated rings. The van der Waals surface area contributed by atoms with Crippen LogP contribution in [0.25, 0.3) is 11.0 Å². The number of carbonyl (C=O) groups excluding carboxylic acids is 1. The minimum atomic E-state index is -0.0895. The number of phenolic OH excluding ortho intramolecular Hbond substituents is 1. The molecule has 4 aromatic rings. The highest BCUT2D eigenvalue weighted by molar-refractivity contribution is 5.84. The zero-order chi connectivity index (χ0) is 18.8. The SMILES string of the molecule is COc1ccc(N(c2ccc(O)c(C=O)c2)c2ncc3cn[nH]c3n2)cc1. The second kappa shape index (κ2) is 6.75. The number of methoxy groups -OCH3 is 1. The van der Waals surface area contributed by atoms with Crippen molar-refractivity contribution in [1.82, 2.24) is 20.2 Å². The molecule has 0 saturated carbocycles. The van der Waals surface area contributed by atoms with E-state index in [1.54, 1.807) is 36.5 Å². The van der Waals surface area contributed by atoms with E-state index >= 15 is 0 Å². The van der Waals surface area contributed by atoms with E-state index in [2.05, 4.69) is 20.2 Å². The van der Waals surface area contributed by atoms with Gasteiger partial charge in [-0.25, -0.2) is 4.98 Å². The summed E-state index contributed by atoms with van der Waals surface area (Å²) in [5.74, 6) is 1.01. The number of nitrogens with one attached hydrogen (secondary N) is 1. The van der Waals surface area contributed by atoms with Gasteiger partial charge in [-0.1, -0.05) is 0 Å². The second-order valence-electron chi connectivity index (χ2n) is 5.74. The lowest BCUT2D eigenvalue weighted by Crippen LogP contribution is -2.13. The largest absolute Gasteiger partial charge is 0.507 e. The number of carbonyl (C=O) groups is 1. The Labute approximate surface area is 154 Å². The molecule has 0 atom stereocenters. The predicted molar refractivity (Wildman–Crippen MR) is 100.0 cm³/mol. The molecule has 8 heteroatoms. The molecule has 0 spiro atoms. The normalized spacial score (nSPS) is 10.7. The predicted octanol–water partition coefficient (Wildman–Crippen LogP) is 3.35. The minimum Gasteiger partial charge on any atom is -0.507 e. The fourth-order valence-electron chi connectivity index (χ4n) is 2.72. The van der Waals surface area contributed by atoms with E-state index in [1.807, 2.05) is 24.3 Å². The van der Waals surface area contributed by atoms with Crippen molar-refractivity contribution in [2.45, 2.75) is 0 Å². The Bertz CT molecular complexity index is 1110. The highest BCUT2D eigenvalue weighted by Crippen LogP contribution is 2.35. The number of ether oxygens (including phenoxy) is 1. The number of aromatic amines is 1. The maximum atomic E-state index is 11.3. The topological polar surface area (TPSA) is 104 Å². The molecule has 134 valence electrons. The van der Waals surface area contributed by atoms with E-state index in [1.165, 1.54) is 6.07 Å². The first-order valence-corrected chi connectivity index (χ1v) is 8.08. The first-order valence-electron chi connectivity index (χ1n) is 8.08. The maximum absolute atomic E-state index is 11.3. The molecule has 27 heavy (non-hydrogen) atoms. The fourth-order valence-corrected chi connectivity index (χ4v) is 2.72. The molecular formula is C19H15N5O3. The lowest BCUT2D eigenvalue weighted by molar-refractivity contribution is 0.112. The number of hydrogen-bond acceptors (Lipinski definition) is 7. The highest BCUT2D eigenvalue weighted by atomic mass is 16.5. The minimum absolute atomic E-state index is 0.0895. The van der Waals surface area contributed by atoms with Crippen molar-refractivity contribution in [3.63, 3.8) is 0 Å². The number of aromatic nitrogens is 4. The monoisotopic (exact) mass is 361 g/mol. The molecule has 0 saturated heterocycles. The van der Waals surface area contributed by atoms with Gasteiger partial charge in [0.25, 0.3) is 0 Å². The Morgan fingerprint density at radius 2 is 1.89 bits per heavy atom. The van der Waals surface area contributed by atoms with Gasteiger partial charge in [0.05, 0.1) is 29.9 Å². The van der Waals surface area contributed by atoms with Gasteiger partial charge in [-0.15, -0.1) is 0 Å². The van der Waals surface area contributed by atoms with Crippen molar-refractivity contribution >= 4 is 34.6 Å². The zero-order valence-electron chi connectivity index (χ0n) is 14.3. The molecule has 0 aliphatic rings. The van der Waals surface area contributed by atoms with Gasteiger partial charge in [-0.3, -0.25) is 14.8 Å². The molecule has 0 bridgehead atoms. The molecular weight excluding hydrogens is 346 g/mol.